The Morgan fingerprint density at radius 3 is 2.50 bits per heavy atom. The topological polar surface area (TPSA) is 74.6 Å². The van der Waals surface area contributed by atoms with E-state index >= 15 is 0 Å². The van der Waals surface area contributed by atoms with Crippen LogP contribution in [0.25, 0.3) is 10.9 Å². The number of benzene rings is 2. The van der Waals surface area contributed by atoms with Gasteiger partial charge in [-0.1, -0.05) is 23.2 Å². The molecule has 0 saturated carbocycles. The van der Waals surface area contributed by atoms with Crippen molar-refractivity contribution in [3.8, 4) is 5.75 Å². The normalized spacial score (nSPS) is 11.6. The summed E-state index contributed by atoms with van der Waals surface area (Å²) in [5.74, 6) is 0.192. The summed E-state index contributed by atoms with van der Waals surface area (Å²) in [6, 6.07) is 9.15. The predicted octanol–water partition coefficient (Wildman–Crippen LogP) is 4.46. The molecule has 0 unspecified atom stereocenters. The highest BCUT2D eigenvalue weighted by atomic mass is 35.5. The van der Waals surface area contributed by atoms with Gasteiger partial charge in [0.05, 0.1) is 40.4 Å². The molecule has 1 aromatic heterocycles. The fourth-order valence-electron chi connectivity index (χ4n) is 2.54. The Balaban J connectivity index is 2.16. The van der Waals surface area contributed by atoms with Crippen LogP contribution in [-0.2, 0) is 19.6 Å². The van der Waals surface area contributed by atoms with Crippen LogP contribution < -0.4 is 4.74 Å². The van der Waals surface area contributed by atoms with Crippen molar-refractivity contribution in [2.75, 3.05) is 20.0 Å². The van der Waals surface area contributed by atoms with Crippen LogP contribution >= 0.6 is 35.0 Å². The Hall–Kier alpha value is -1.87. The molecule has 3 aromatic rings. The fraction of sp³-hybridized carbons (Fsp3) is 0.167. The van der Waals surface area contributed by atoms with Gasteiger partial charge in [-0.05, 0) is 36.4 Å². The number of nitrogens with zero attached hydrogens (tertiary/aromatic N) is 1. The standard InChI is InChI=1S/C18H15Cl2NO5S2/c1-25-11-3-6-16-13(7-11)17(27-10-18(22)26-2)9-21(16)28(23,24)12-4-5-14(19)15(20)8-12/h3-9H,10H2,1-2H3. The summed E-state index contributed by atoms with van der Waals surface area (Å²) in [6.07, 6.45) is 1.47. The highest BCUT2D eigenvalue weighted by Crippen LogP contribution is 2.35. The minimum atomic E-state index is -3.94. The molecular weight excluding hydrogens is 445 g/mol. The van der Waals surface area contributed by atoms with E-state index < -0.39 is 16.0 Å². The minimum Gasteiger partial charge on any atom is -0.497 e. The van der Waals surface area contributed by atoms with E-state index in [1.54, 1.807) is 18.2 Å². The van der Waals surface area contributed by atoms with E-state index in [9.17, 15) is 13.2 Å². The van der Waals surface area contributed by atoms with Crippen molar-refractivity contribution in [3.63, 3.8) is 0 Å². The molecule has 0 bridgehead atoms. The average Bonchev–Trinajstić information content (AvgIpc) is 3.06. The molecule has 2 aromatic carbocycles. The van der Waals surface area contributed by atoms with Gasteiger partial charge in [-0.15, -0.1) is 11.8 Å². The first-order valence-corrected chi connectivity index (χ1v) is 11.1. The van der Waals surface area contributed by atoms with Crippen molar-refractivity contribution in [1.29, 1.82) is 0 Å². The van der Waals surface area contributed by atoms with E-state index in [0.29, 0.717) is 21.5 Å². The number of hydrogen-bond donors (Lipinski definition) is 0. The first-order chi connectivity index (χ1) is 13.3. The minimum absolute atomic E-state index is 0.000800. The number of halogens is 2. The third kappa shape index (κ3) is 3.96. The van der Waals surface area contributed by atoms with Crippen molar-refractivity contribution >= 4 is 61.9 Å². The van der Waals surface area contributed by atoms with Crippen LogP contribution in [0.2, 0.25) is 10.0 Å². The van der Waals surface area contributed by atoms with E-state index in [-0.39, 0.29) is 20.7 Å². The molecule has 0 N–H and O–H groups in total. The molecule has 0 amide bonds. The summed E-state index contributed by atoms with van der Waals surface area (Å²) in [4.78, 5) is 12.1. The summed E-state index contributed by atoms with van der Waals surface area (Å²) < 4.78 is 37.5. The van der Waals surface area contributed by atoms with Gasteiger partial charge < -0.3 is 9.47 Å². The summed E-state index contributed by atoms with van der Waals surface area (Å²) >= 11 is 13.1. The SMILES string of the molecule is COC(=O)CSc1cn(S(=O)(=O)c2ccc(Cl)c(Cl)c2)c2ccc(OC)cc12. The maximum Gasteiger partial charge on any atom is 0.315 e. The molecule has 0 saturated heterocycles. The van der Waals surface area contributed by atoms with Gasteiger partial charge in [-0.25, -0.2) is 12.4 Å². The number of carbonyl (C=O) groups is 1. The third-order valence-corrected chi connectivity index (χ3v) is 7.39. The predicted molar refractivity (Wildman–Crippen MR) is 110 cm³/mol. The molecule has 0 fully saturated rings. The number of carbonyl (C=O) groups excluding carboxylic acids is 1. The van der Waals surface area contributed by atoms with E-state index in [2.05, 4.69) is 4.74 Å². The van der Waals surface area contributed by atoms with Crippen molar-refractivity contribution in [2.45, 2.75) is 9.79 Å². The molecule has 0 aliphatic rings. The number of ether oxygens (including phenoxy) is 2. The highest BCUT2D eigenvalue weighted by Gasteiger charge is 2.23. The van der Waals surface area contributed by atoms with Gasteiger partial charge in [0, 0.05) is 16.5 Å². The van der Waals surface area contributed by atoms with Gasteiger partial charge in [0.25, 0.3) is 10.0 Å². The molecule has 6 nitrogen and oxygen atoms in total. The summed E-state index contributed by atoms with van der Waals surface area (Å²) in [5, 5.41) is 1.04. The maximum absolute atomic E-state index is 13.2. The number of rotatable bonds is 6. The monoisotopic (exact) mass is 459 g/mol. The Kier molecular flexibility index (Phi) is 6.14. The first-order valence-electron chi connectivity index (χ1n) is 7.87. The average molecular weight is 460 g/mol. The van der Waals surface area contributed by atoms with Crippen molar-refractivity contribution in [1.82, 2.24) is 3.97 Å². The summed E-state index contributed by atoms with van der Waals surface area (Å²) in [5.41, 5.74) is 0.444. The second-order valence-electron chi connectivity index (χ2n) is 5.62. The molecule has 1 heterocycles. The van der Waals surface area contributed by atoms with Gasteiger partial charge in [0.15, 0.2) is 0 Å². The van der Waals surface area contributed by atoms with Crippen molar-refractivity contribution in [3.05, 3.63) is 52.6 Å². The van der Waals surface area contributed by atoms with Crippen molar-refractivity contribution in [2.24, 2.45) is 0 Å². The molecule has 10 heteroatoms. The first kappa shape index (κ1) is 20.9. The second kappa shape index (κ2) is 8.24. The van der Waals surface area contributed by atoms with Gasteiger partial charge in [0.1, 0.15) is 5.75 Å². The molecule has 0 aliphatic carbocycles. The van der Waals surface area contributed by atoms with Gasteiger partial charge in [0.2, 0.25) is 0 Å². The van der Waals surface area contributed by atoms with Crippen LogP contribution in [0.1, 0.15) is 0 Å². The Morgan fingerprint density at radius 2 is 1.86 bits per heavy atom. The lowest BCUT2D eigenvalue weighted by molar-refractivity contribution is -0.137. The quantitative estimate of drug-likeness (QED) is 0.400. The number of methoxy groups -OCH3 is 2. The highest BCUT2D eigenvalue weighted by molar-refractivity contribution is 8.00. The van der Waals surface area contributed by atoms with E-state index in [0.717, 1.165) is 3.97 Å². The second-order valence-corrected chi connectivity index (χ2v) is 9.26. The van der Waals surface area contributed by atoms with E-state index in [1.807, 2.05) is 0 Å². The fourth-order valence-corrected chi connectivity index (χ4v) is 5.25. The van der Waals surface area contributed by atoms with Gasteiger partial charge >= 0.3 is 5.97 Å². The molecule has 0 radical (unpaired) electrons. The molecule has 0 atom stereocenters. The van der Waals surface area contributed by atoms with Crippen LogP contribution in [0.15, 0.2) is 52.4 Å². The number of esters is 1. The Morgan fingerprint density at radius 1 is 1.11 bits per heavy atom. The molecular formula is C18H15Cl2NO5S2. The zero-order valence-corrected chi connectivity index (χ0v) is 18.0. The lowest BCUT2D eigenvalue weighted by atomic mass is 10.2. The van der Waals surface area contributed by atoms with Crippen LogP contribution in [-0.4, -0.2) is 38.3 Å². The Labute approximate surface area is 176 Å². The zero-order chi connectivity index (χ0) is 20.5. The number of aromatic nitrogens is 1. The van der Waals surface area contributed by atoms with Crippen LogP contribution in [0.5, 0.6) is 5.75 Å². The molecule has 28 heavy (non-hydrogen) atoms. The lowest BCUT2D eigenvalue weighted by Gasteiger charge is -2.09. The largest absolute Gasteiger partial charge is 0.497 e. The van der Waals surface area contributed by atoms with Crippen LogP contribution in [0.4, 0.5) is 0 Å². The van der Waals surface area contributed by atoms with E-state index in [4.69, 9.17) is 27.9 Å². The van der Waals surface area contributed by atoms with Crippen molar-refractivity contribution < 1.29 is 22.7 Å². The molecule has 0 aliphatic heterocycles. The van der Waals surface area contributed by atoms with Crippen LogP contribution in [0.3, 0.4) is 0 Å². The van der Waals surface area contributed by atoms with Crippen LogP contribution in [0, 0.1) is 0 Å². The number of hydrogen-bond acceptors (Lipinski definition) is 6. The molecule has 3 rings (SSSR count). The Bertz CT molecular complexity index is 1160. The smallest absolute Gasteiger partial charge is 0.315 e. The lowest BCUT2D eigenvalue weighted by Crippen LogP contribution is -2.11. The van der Waals surface area contributed by atoms with Gasteiger partial charge in [-0.3, -0.25) is 4.79 Å². The van der Waals surface area contributed by atoms with Gasteiger partial charge in [-0.2, -0.15) is 0 Å². The maximum atomic E-state index is 13.2. The number of thioether (sulfide) groups is 1. The summed E-state index contributed by atoms with van der Waals surface area (Å²) in [6.45, 7) is 0. The zero-order valence-electron chi connectivity index (χ0n) is 14.8. The number of fused-ring (bicyclic) bond motifs is 1. The van der Waals surface area contributed by atoms with E-state index in [1.165, 1.54) is 50.4 Å². The summed E-state index contributed by atoms with van der Waals surface area (Å²) in [7, 11) is -1.13. The third-order valence-electron chi connectivity index (χ3n) is 3.96. The molecule has 0 spiro atoms. The molecule has 148 valence electrons.